The van der Waals surface area contributed by atoms with Crippen molar-refractivity contribution in [2.75, 3.05) is 0 Å². The maximum Gasteiger partial charge on any atom is 0.0404 e. The molecule has 16 heavy (non-hydrogen) atoms. The summed E-state index contributed by atoms with van der Waals surface area (Å²) in [6.07, 6.45) is 1.97. The van der Waals surface area contributed by atoms with E-state index in [0.29, 0.717) is 0 Å². The fourth-order valence-corrected chi connectivity index (χ4v) is 1.96. The van der Waals surface area contributed by atoms with Crippen LogP contribution in [0.15, 0.2) is 24.3 Å². The third-order valence-electron chi connectivity index (χ3n) is 3.59. The lowest BCUT2D eigenvalue weighted by Crippen LogP contribution is -2.35. The zero-order chi connectivity index (χ0) is 12.4. The summed E-state index contributed by atoms with van der Waals surface area (Å²) in [4.78, 5) is 0. The van der Waals surface area contributed by atoms with Gasteiger partial charge in [0, 0.05) is 5.54 Å². The summed E-state index contributed by atoms with van der Waals surface area (Å²) >= 11 is 0. The second kappa shape index (κ2) is 4.58. The summed E-state index contributed by atoms with van der Waals surface area (Å²) in [5.41, 5.74) is 9.06. The van der Waals surface area contributed by atoms with Crippen LogP contribution in [0.25, 0.3) is 0 Å². The molecule has 0 radical (unpaired) electrons. The van der Waals surface area contributed by atoms with Gasteiger partial charge in [0.25, 0.3) is 0 Å². The Morgan fingerprint density at radius 3 is 1.56 bits per heavy atom. The molecule has 0 bridgehead atoms. The Hall–Kier alpha value is -0.820. The molecular weight excluding hydrogens is 194 g/mol. The van der Waals surface area contributed by atoms with Crippen LogP contribution in [0.1, 0.15) is 58.6 Å². The number of rotatable bonds is 3. The number of hydrogen-bond donors (Lipinski definition) is 1. The lowest BCUT2D eigenvalue weighted by Gasteiger charge is -2.28. The first-order valence-electron chi connectivity index (χ1n) is 6.23. The molecule has 1 aromatic rings. The molecule has 0 aliphatic carbocycles. The number of hydrogen-bond acceptors (Lipinski definition) is 1. The number of benzene rings is 1. The van der Waals surface area contributed by atoms with Crippen molar-refractivity contribution < 1.29 is 0 Å². The molecule has 0 aromatic heterocycles. The largest absolute Gasteiger partial charge is 0.321 e. The van der Waals surface area contributed by atoms with Crippen LogP contribution in [0.2, 0.25) is 0 Å². The van der Waals surface area contributed by atoms with Crippen LogP contribution in [-0.2, 0) is 11.0 Å². The number of nitrogens with two attached hydrogens (primary N) is 1. The van der Waals surface area contributed by atoms with Crippen LogP contribution < -0.4 is 5.73 Å². The monoisotopic (exact) mass is 219 g/mol. The predicted octanol–water partition coefficient (Wildman–Crippen LogP) is 3.96. The van der Waals surface area contributed by atoms with Crippen molar-refractivity contribution in [3.63, 3.8) is 0 Å². The van der Waals surface area contributed by atoms with Gasteiger partial charge in [-0.2, -0.15) is 0 Å². The lowest BCUT2D eigenvalue weighted by atomic mass is 9.82. The average molecular weight is 219 g/mol. The predicted molar refractivity (Wildman–Crippen MR) is 71.6 cm³/mol. The molecule has 90 valence electrons. The van der Waals surface area contributed by atoms with Crippen LogP contribution in [0.4, 0.5) is 0 Å². The van der Waals surface area contributed by atoms with E-state index in [1.165, 1.54) is 11.1 Å². The molecule has 1 heteroatoms. The van der Waals surface area contributed by atoms with Crippen molar-refractivity contribution in [1.82, 2.24) is 0 Å². The first-order chi connectivity index (χ1) is 7.33. The second-order valence-corrected chi connectivity index (χ2v) is 5.69. The average Bonchev–Trinajstić information content (AvgIpc) is 2.27. The highest BCUT2D eigenvalue weighted by atomic mass is 14.7. The normalized spacial score (nSPS) is 12.9. The van der Waals surface area contributed by atoms with Gasteiger partial charge in [-0.25, -0.2) is 0 Å². The molecule has 0 atom stereocenters. The summed E-state index contributed by atoms with van der Waals surface area (Å²) in [5.74, 6) is 0. The fraction of sp³-hybridized carbons (Fsp3) is 0.600. The SMILES string of the molecule is CCC(N)(CC)c1ccc(C(C)(C)C)cc1. The Kier molecular flexibility index (Phi) is 3.80. The van der Waals surface area contributed by atoms with Crippen LogP contribution in [0.3, 0.4) is 0 Å². The minimum absolute atomic E-state index is 0.156. The summed E-state index contributed by atoms with van der Waals surface area (Å²) < 4.78 is 0. The molecule has 0 saturated carbocycles. The van der Waals surface area contributed by atoms with Crippen molar-refractivity contribution in [3.05, 3.63) is 35.4 Å². The molecule has 0 saturated heterocycles. The molecule has 0 amide bonds. The standard InChI is InChI=1S/C15H25N/c1-6-15(16,7-2)13-10-8-12(9-11-13)14(3,4)5/h8-11H,6-7,16H2,1-5H3. The van der Waals surface area contributed by atoms with Crippen LogP contribution in [-0.4, -0.2) is 0 Å². The zero-order valence-electron chi connectivity index (χ0n) is 11.3. The Morgan fingerprint density at radius 2 is 1.25 bits per heavy atom. The van der Waals surface area contributed by atoms with Crippen LogP contribution >= 0.6 is 0 Å². The van der Waals surface area contributed by atoms with E-state index >= 15 is 0 Å². The Bertz CT molecular complexity index is 325. The van der Waals surface area contributed by atoms with Gasteiger partial charge in [0.15, 0.2) is 0 Å². The van der Waals surface area contributed by atoms with Crippen molar-refractivity contribution in [2.24, 2.45) is 5.73 Å². The van der Waals surface area contributed by atoms with Crippen molar-refractivity contribution in [1.29, 1.82) is 0 Å². The Labute approximate surface area is 100 Å². The minimum Gasteiger partial charge on any atom is -0.321 e. The molecule has 0 aliphatic heterocycles. The molecule has 1 nitrogen and oxygen atoms in total. The first kappa shape index (κ1) is 13.2. The lowest BCUT2D eigenvalue weighted by molar-refractivity contribution is 0.412. The smallest absolute Gasteiger partial charge is 0.0404 e. The first-order valence-corrected chi connectivity index (χ1v) is 6.23. The van der Waals surface area contributed by atoms with Gasteiger partial charge in [0.1, 0.15) is 0 Å². The van der Waals surface area contributed by atoms with Crippen molar-refractivity contribution in [2.45, 2.75) is 58.4 Å². The molecule has 0 unspecified atom stereocenters. The highest BCUT2D eigenvalue weighted by molar-refractivity contribution is 5.31. The highest BCUT2D eigenvalue weighted by Gasteiger charge is 2.23. The third kappa shape index (κ3) is 2.65. The Balaban J connectivity index is 3.04. The molecule has 0 spiro atoms. The third-order valence-corrected chi connectivity index (χ3v) is 3.59. The Morgan fingerprint density at radius 1 is 0.875 bits per heavy atom. The van der Waals surface area contributed by atoms with Gasteiger partial charge >= 0.3 is 0 Å². The fourth-order valence-electron chi connectivity index (χ4n) is 1.96. The van der Waals surface area contributed by atoms with E-state index in [0.717, 1.165) is 12.8 Å². The molecule has 0 fully saturated rings. The van der Waals surface area contributed by atoms with E-state index in [2.05, 4.69) is 58.9 Å². The van der Waals surface area contributed by atoms with Gasteiger partial charge in [0.05, 0.1) is 0 Å². The van der Waals surface area contributed by atoms with Crippen LogP contribution in [0, 0.1) is 0 Å². The van der Waals surface area contributed by atoms with Gasteiger partial charge in [-0.1, -0.05) is 58.9 Å². The summed E-state index contributed by atoms with van der Waals surface area (Å²) in [6, 6.07) is 8.80. The maximum atomic E-state index is 6.38. The summed E-state index contributed by atoms with van der Waals surface area (Å²) in [5, 5.41) is 0. The summed E-state index contributed by atoms with van der Waals surface area (Å²) in [6.45, 7) is 11.0. The van der Waals surface area contributed by atoms with Crippen molar-refractivity contribution >= 4 is 0 Å². The zero-order valence-corrected chi connectivity index (χ0v) is 11.3. The highest BCUT2D eigenvalue weighted by Crippen LogP contribution is 2.28. The molecular formula is C15H25N. The van der Waals surface area contributed by atoms with Gasteiger partial charge in [-0.15, -0.1) is 0 Å². The van der Waals surface area contributed by atoms with E-state index in [1.54, 1.807) is 0 Å². The van der Waals surface area contributed by atoms with E-state index < -0.39 is 0 Å². The van der Waals surface area contributed by atoms with Crippen molar-refractivity contribution in [3.8, 4) is 0 Å². The van der Waals surface area contributed by atoms with Gasteiger partial charge < -0.3 is 5.73 Å². The minimum atomic E-state index is -0.156. The molecule has 0 aliphatic rings. The van der Waals surface area contributed by atoms with Gasteiger partial charge in [-0.3, -0.25) is 0 Å². The van der Waals surface area contributed by atoms with E-state index in [1.807, 2.05) is 0 Å². The van der Waals surface area contributed by atoms with E-state index in [4.69, 9.17) is 5.73 Å². The van der Waals surface area contributed by atoms with Gasteiger partial charge in [-0.05, 0) is 29.4 Å². The topological polar surface area (TPSA) is 26.0 Å². The molecule has 1 rings (SSSR count). The maximum absolute atomic E-state index is 6.38. The van der Waals surface area contributed by atoms with Gasteiger partial charge in [0.2, 0.25) is 0 Å². The quantitative estimate of drug-likeness (QED) is 0.818. The van der Waals surface area contributed by atoms with E-state index in [-0.39, 0.29) is 11.0 Å². The second-order valence-electron chi connectivity index (χ2n) is 5.69. The van der Waals surface area contributed by atoms with Crippen LogP contribution in [0.5, 0.6) is 0 Å². The van der Waals surface area contributed by atoms with E-state index in [9.17, 15) is 0 Å². The molecule has 0 heterocycles. The molecule has 2 N–H and O–H groups in total. The molecule has 1 aromatic carbocycles. The summed E-state index contributed by atoms with van der Waals surface area (Å²) in [7, 11) is 0.